The standard InChI is InChI=1S/C23H24O10/c1-28-15-6-13(7-16(10-15)29-2)21(26)17(24)11-33-12-18(25)22(27)14-8-19(30-3)23(32-5)20(9-14)31-4/h6-10H,11-12H2,1-5H3. The zero-order valence-corrected chi connectivity index (χ0v) is 18.9. The fourth-order valence-electron chi connectivity index (χ4n) is 2.84. The second-order valence-corrected chi connectivity index (χ2v) is 6.51. The summed E-state index contributed by atoms with van der Waals surface area (Å²) in [5.41, 5.74) is 0.0311. The number of benzene rings is 2. The Kier molecular flexibility index (Phi) is 8.93. The molecular weight excluding hydrogens is 436 g/mol. The van der Waals surface area contributed by atoms with Gasteiger partial charge in [-0.3, -0.25) is 19.2 Å². The van der Waals surface area contributed by atoms with Crippen molar-refractivity contribution in [2.75, 3.05) is 48.8 Å². The third-order valence-electron chi connectivity index (χ3n) is 4.51. The summed E-state index contributed by atoms with van der Waals surface area (Å²) in [5, 5.41) is 0. The average Bonchev–Trinajstić information content (AvgIpc) is 2.85. The molecule has 2 rings (SSSR count). The van der Waals surface area contributed by atoms with E-state index < -0.39 is 36.3 Å². The van der Waals surface area contributed by atoms with E-state index in [1.165, 1.54) is 59.8 Å². The van der Waals surface area contributed by atoms with Crippen LogP contribution in [0, 0.1) is 0 Å². The molecule has 0 amide bonds. The summed E-state index contributed by atoms with van der Waals surface area (Å²) in [4.78, 5) is 49.3. The second kappa shape index (κ2) is 11.6. The fourth-order valence-corrected chi connectivity index (χ4v) is 2.84. The lowest BCUT2D eigenvalue weighted by Gasteiger charge is -2.13. The van der Waals surface area contributed by atoms with Crippen molar-refractivity contribution >= 4 is 23.1 Å². The van der Waals surface area contributed by atoms with E-state index in [0.717, 1.165) is 0 Å². The van der Waals surface area contributed by atoms with E-state index in [-0.39, 0.29) is 28.4 Å². The number of methoxy groups -OCH3 is 5. The molecule has 0 N–H and O–H groups in total. The summed E-state index contributed by atoms with van der Waals surface area (Å²) >= 11 is 0. The normalized spacial score (nSPS) is 10.2. The first-order valence-corrected chi connectivity index (χ1v) is 9.55. The van der Waals surface area contributed by atoms with Crippen LogP contribution in [0.4, 0.5) is 0 Å². The third-order valence-corrected chi connectivity index (χ3v) is 4.51. The van der Waals surface area contributed by atoms with Crippen LogP contribution in [0.1, 0.15) is 20.7 Å². The Morgan fingerprint density at radius 2 is 1.00 bits per heavy atom. The fraction of sp³-hybridized carbons (Fsp3) is 0.304. The van der Waals surface area contributed by atoms with Gasteiger partial charge in [0.1, 0.15) is 24.7 Å². The van der Waals surface area contributed by atoms with Crippen LogP contribution in [-0.2, 0) is 14.3 Å². The van der Waals surface area contributed by atoms with E-state index in [1.807, 2.05) is 0 Å². The molecule has 176 valence electrons. The summed E-state index contributed by atoms with van der Waals surface area (Å²) in [7, 11) is 6.96. The highest BCUT2D eigenvalue weighted by molar-refractivity contribution is 6.45. The Bertz CT molecular complexity index is 1010. The van der Waals surface area contributed by atoms with E-state index in [1.54, 1.807) is 6.07 Å². The van der Waals surface area contributed by atoms with Gasteiger partial charge in [-0.1, -0.05) is 0 Å². The lowest BCUT2D eigenvalue weighted by molar-refractivity contribution is -0.124. The Labute approximate surface area is 190 Å². The molecule has 0 saturated heterocycles. The van der Waals surface area contributed by atoms with Crippen LogP contribution in [0.2, 0.25) is 0 Å². The van der Waals surface area contributed by atoms with Crippen LogP contribution < -0.4 is 23.7 Å². The van der Waals surface area contributed by atoms with E-state index in [4.69, 9.17) is 28.4 Å². The van der Waals surface area contributed by atoms with Gasteiger partial charge >= 0.3 is 0 Å². The average molecular weight is 460 g/mol. The molecule has 0 unspecified atom stereocenters. The Balaban J connectivity index is 2.03. The molecule has 10 heteroatoms. The molecule has 0 aromatic heterocycles. The second-order valence-electron chi connectivity index (χ2n) is 6.51. The number of Topliss-reactive ketones (excluding diaryl/α,β-unsaturated/α-hetero) is 4. The number of carbonyl (C=O) groups is 4. The van der Waals surface area contributed by atoms with Crippen molar-refractivity contribution in [1.29, 1.82) is 0 Å². The predicted octanol–water partition coefficient (Wildman–Crippen LogP) is 1.95. The molecule has 0 radical (unpaired) electrons. The van der Waals surface area contributed by atoms with Gasteiger partial charge in [-0.15, -0.1) is 0 Å². The molecule has 33 heavy (non-hydrogen) atoms. The zero-order chi connectivity index (χ0) is 24.5. The molecule has 0 aliphatic rings. The Morgan fingerprint density at radius 1 is 0.576 bits per heavy atom. The Morgan fingerprint density at radius 3 is 1.36 bits per heavy atom. The maximum atomic E-state index is 12.5. The van der Waals surface area contributed by atoms with Crippen LogP contribution in [-0.4, -0.2) is 71.9 Å². The van der Waals surface area contributed by atoms with Crippen molar-refractivity contribution in [3.05, 3.63) is 41.5 Å². The van der Waals surface area contributed by atoms with E-state index in [0.29, 0.717) is 11.5 Å². The number of hydrogen-bond acceptors (Lipinski definition) is 10. The summed E-state index contributed by atoms with van der Waals surface area (Å²) in [5.74, 6) is -2.24. The van der Waals surface area contributed by atoms with Gasteiger partial charge in [0, 0.05) is 17.2 Å². The minimum atomic E-state index is -0.924. The van der Waals surface area contributed by atoms with Crippen molar-refractivity contribution in [2.45, 2.75) is 0 Å². The summed E-state index contributed by atoms with van der Waals surface area (Å²) in [6.07, 6.45) is 0. The highest BCUT2D eigenvalue weighted by atomic mass is 16.5. The van der Waals surface area contributed by atoms with E-state index in [2.05, 4.69) is 0 Å². The predicted molar refractivity (Wildman–Crippen MR) is 115 cm³/mol. The van der Waals surface area contributed by atoms with Crippen LogP contribution in [0.5, 0.6) is 28.7 Å². The molecule has 0 fully saturated rings. The highest BCUT2D eigenvalue weighted by Gasteiger charge is 2.23. The summed E-state index contributed by atoms with van der Waals surface area (Å²) in [6, 6.07) is 6.95. The van der Waals surface area contributed by atoms with Gasteiger partial charge in [0.05, 0.1) is 35.5 Å². The van der Waals surface area contributed by atoms with Gasteiger partial charge in [-0.2, -0.15) is 0 Å². The van der Waals surface area contributed by atoms with Crippen molar-refractivity contribution in [3.8, 4) is 28.7 Å². The molecule has 0 spiro atoms. The van der Waals surface area contributed by atoms with Gasteiger partial charge in [0.2, 0.25) is 28.9 Å². The quantitative estimate of drug-likeness (QED) is 0.324. The molecule has 2 aromatic carbocycles. The van der Waals surface area contributed by atoms with Crippen LogP contribution >= 0.6 is 0 Å². The molecule has 0 aliphatic carbocycles. The smallest absolute Gasteiger partial charge is 0.231 e. The van der Waals surface area contributed by atoms with Crippen molar-refractivity contribution < 1.29 is 47.6 Å². The molecule has 0 aliphatic heterocycles. The Hall–Kier alpha value is -3.92. The van der Waals surface area contributed by atoms with Gasteiger partial charge in [-0.25, -0.2) is 0 Å². The summed E-state index contributed by atoms with van der Waals surface area (Å²) in [6.45, 7) is -1.39. The van der Waals surface area contributed by atoms with Crippen LogP contribution in [0.15, 0.2) is 30.3 Å². The number of hydrogen-bond donors (Lipinski definition) is 0. The summed E-state index contributed by atoms with van der Waals surface area (Å²) < 4.78 is 30.7. The molecule has 2 aromatic rings. The molecule has 10 nitrogen and oxygen atoms in total. The molecule has 0 atom stereocenters. The van der Waals surface area contributed by atoms with Gasteiger partial charge in [0.15, 0.2) is 11.5 Å². The largest absolute Gasteiger partial charge is 0.497 e. The number of rotatable bonds is 13. The van der Waals surface area contributed by atoms with Crippen molar-refractivity contribution in [3.63, 3.8) is 0 Å². The zero-order valence-electron chi connectivity index (χ0n) is 18.9. The van der Waals surface area contributed by atoms with E-state index >= 15 is 0 Å². The van der Waals surface area contributed by atoms with Crippen LogP contribution in [0.3, 0.4) is 0 Å². The minimum absolute atomic E-state index is 0.0102. The lowest BCUT2D eigenvalue weighted by Crippen LogP contribution is -2.25. The van der Waals surface area contributed by atoms with Gasteiger partial charge < -0.3 is 28.4 Å². The lowest BCUT2D eigenvalue weighted by atomic mass is 10.1. The minimum Gasteiger partial charge on any atom is -0.497 e. The first kappa shape index (κ1) is 25.3. The molecule has 0 bridgehead atoms. The maximum absolute atomic E-state index is 12.5. The first-order chi connectivity index (χ1) is 15.8. The topological polar surface area (TPSA) is 124 Å². The van der Waals surface area contributed by atoms with Crippen molar-refractivity contribution in [1.82, 2.24) is 0 Å². The monoisotopic (exact) mass is 460 g/mol. The first-order valence-electron chi connectivity index (χ1n) is 9.55. The highest BCUT2D eigenvalue weighted by Crippen LogP contribution is 2.38. The van der Waals surface area contributed by atoms with Gasteiger partial charge in [-0.05, 0) is 24.3 Å². The molecular formula is C23H24O10. The SMILES string of the molecule is COc1cc(OC)cc(C(=O)C(=O)COCC(=O)C(=O)c2cc(OC)c(OC)c(OC)c2)c1. The number of ketones is 4. The van der Waals surface area contributed by atoms with Crippen molar-refractivity contribution in [2.24, 2.45) is 0 Å². The van der Waals surface area contributed by atoms with Crippen LogP contribution in [0.25, 0.3) is 0 Å². The number of carbonyl (C=O) groups excluding carboxylic acids is 4. The van der Waals surface area contributed by atoms with E-state index in [9.17, 15) is 19.2 Å². The molecule has 0 saturated carbocycles. The van der Waals surface area contributed by atoms with Gasteiger partial charge in [0.25, 0.3) is 0 Å². The third kappa shape index (κ3) is 6.07. The maximum Gasteiger partial charge on any atom is 0.231 e. The molecule has 0 heterocycles. The number of ether oxygens (including phenoxy) is 6.